The number of carbonyl (C=O) groups excluding carboxylic acids is 2. The van der Waals surface area contributed by atoms with Crippen LogP contribution in [-0.2, 0) is 9.59 Å². The van der Waals surface area contributed by atoms with E-state index in [0.29, 0.717) is 5.02 Å². The van der Waals surface area contributed by atoms with Crippen molar-refractivity contribution in [3.8, 4) is 0 Å². The van der Waals surface area contributed by atoms with Crippen molar-refractivity contribution in [2.45, 2.75) is 12.5 Å². The quantitative estimate of drug-likeness (QED) is 0.432. The van der Waals surface area contributed by atoms with E-state index in [-0.39, 0.29) is 17.7 Å². The number of amides is 1. The van der Waals surface area contributed by atoms with Crippen LogP contribution in [0.5, 0.6) is 0 Å². The van der Waals surface area contributed by atoms with Crippen LogP contribution in [0.4, 0.5) is 5.69 Å². The summed E-state index contributed by atoms with van der Waals surface area (Å²) in [5.74, 6) is -2.33. The lowest BCUT2D eigenvalue weighted by molar-refractivity contribution is -0.138. The monoisotopic (exact) mass is 299 g/mol. The first-order valence-corrected chi connectivity index (χ1v) is 6.02. The normalized spacial score (nSPS) is 11.7. The molecule has 0 saturated heterocycles. The molecular weight excluding hydrogens is 286 g/mol. The summed E-state index contributed by atoms with van der Waals surface area (Å²) in [4.78, 5) is 33.7. The van der Waals surface area contributed by atoms with E-state index in [4.69, 9.17) is 28.2 Å². The van der Waals surface area contributed by atoms with Crippen molar-refractivity contribution in [1.82, 2.24) is 5.32 Å². The fraction of sp³-hybridized carbons (Fsp3) is 0.250. The van der Waals surface area contributed by atoms with E-state index < -0.39 is 30.2 Å². The Morgan fingerprint density at radius 1 is 1.35 bits per heavy atom. The van der Waals surface area contributed by atoms with Crippen molar-refractivity contribution in [3.05, 3.63) is 28.8 Å². The highest BCUT2D eigenvalue weighted by Gasteiger charge is 2.20. The predicted molar refractivity (Wildman–Crippen MR) is 73.4 cm³/mol. The molecule has 0 radical (unpaired) electrons. The first-order chi connectivity index (χ1) is 9.31. The Hall–Kier alpha value is -2.12. The Labute approximate surface area is 119 Å². The number of carboxylic acids is 1. The molecule has 0 aliphatic carbocycles. The number of anilines is 1. The Balaban J connectivity index is 2.65. The van der Waals surface area contributed by atoms with Crippen LogP contribution in [0.3, 0.4) is 0 Å². The molecule has 8 heteroatoms. The van der Waals surface area contributed by atoms with Gasteiger partial charge in [0.05, 0.1) is 6.04 Å². The minimum Gasteiger partial charge on any atom is -0.480 e. The topological polar surface area (TPSA) is 136 Å². The van der Waals surface area contributed by atoms with Crippen molar-refractivity contribution in [2.24, 2.45) is 5.73 Å². The molecule has 1 atom stereocenters. The largest absolute Gasteiger partial charge is 0.480 e. The molecule has 0 spiro atoms. The molecule has 1 amide bonds. The third-order valence-corrected chi connectivity index (χ3v) is 2.71. The zero-order valence-corrected chi connectivity index (χ0v) is 11.2. The van der Waals surface area contributed by atoms with Crippen molar-refractivity contribution in [3.63, 3.8) is 0 Å². The molecule has 1 unspecified atom stereocenters. The van der Waals surface area contributed by atoms with Gasteiger partial charge >= 0.3 is 5.97 Å². The standard InChI is InChI=1S/C12H14ClN3O4/c13-6-1-2-7(8(14)3-6)10(17)4-9(15)12(20)16-5-11(18)19/h1-3,9H,4-5,14-15H2,(H,16,20)(H,18,19). The molecule has 0 aliphatic heterocycles. The minimum absolute atomic E-state index is 0.195. The summed E-state index contributed by atoms with van der Waals surface area (Å²) in [6, 6.07) is 3.23. The minimum atomic E-state index is -1.20. The second-order valence-electron chi connectivity index (χ2n) is 4.08. The third-order valence-electron chi connectivity index (χ3n) is 2.47. The maximum absolute atomic E-state index is 11.9. The molecule has 6 N–H and O–H groups in total. The van der Waals surface area contributed by atoms with Crippen LogP contribution in [-0.4, -0.2) is 35.4 Å². The van der Waals surface area contributed by atoms with Crippen molar-refractivity contribution >= 4 is 34.9 Å². The van der Waals surface area contributed by atoms with Gasteiger partial charge in [-0.15, -0.1) is 0 Å². The summed E-state index contributed by atoms with van der Waals surface area (Å²) in [5, 5.41) is 10.9. The molecule has 7 nitrogen and oxygen atoms in total. The first kappa shape index (κ1) is 15.9. The number of nitrogens with one attached hydrogen (secondary N) is 1. The number of carbonyl (C=O) groups is 3. The van der Waals surface area contributed by atoms with Gasteiger partial charge in [0.15, 0.2) is 5.78 Å². The summed E-state index contributed by atoms with van der Waals surface area (Å²) >= 11 is 5.71. The third kappa shape index (κ3) is 4.52. The van der Waals surface area contributed by atoms with Gasteiger partial charge in [-0.25, -0.2) is 0 Å². The van der Waals surface area contributed by atoms with Gasteiger partial charge in [0.25, 0.3) is 0 Å². The smallest absolute Gasteiger partial charge is 0.322 e. The van der Waals surface area contributed by atoms with Gasteiger partial charge in [-0.3, -0.25) is 14.4 Å². The second-order valence-corrected chi connectivity index (χ2v) is 4.51. The van der Waals surface area contributed by atoms with E-state index >= 15 is 0 Å². The van der Waals surface area contributed by atoms with E-state index in [0.717, 1.165) is 0 Å². The molecule has 20 heavy (non-hydrogen) atoms. The van der Waals surface area contributed by atoms with Crippen LogP contribution in [0.25, 0.3) is 0 Å². The number of Topliss-reactive ketones (excluding diaryl/α,β-unsaturated/α-hetero) is 1. The summed E-state index contributed by atoms with van der Waals surface area (Å²) < 4.78 is 0. The number of halogens is 1. The zero-order chi connectivity index (χ0) is 15.3. The summed E-state index contributed by atoms with van der Waals surface area (Å²) in [6.45, 7) is -0.552. The molecule has 0 heterocycles. The SMILES string of the molecule is Nc1cc(Cl)ccc1C(=O)CC(N)C(=O)NCC(=O)O. The maximum atomic E-state index is 11.9. The van der Waals surface area contributed by atoms with Gasteiger partial charge in [0.2, 0.25) is 5.91 Å². The van der Waals surface area contributed by atoms with Gasteiger partial charge in [0, 0.05) is 22.7 Å². The van der Waals surface area contributed by atoms with E-state index in [2.05, 4.69) is 5.32 Å². The highest BCUT2D eigenvalue weighted by molar-refractivity contribution is 6.31. The number of ketones is 1. The molecule has 1 aromatic carbocycles. The number of nitrogen functional groups attached to an aromatic ring is 1. The summed E-state index contributed by atoms with van der Waals surface area (Å²) in [6.07, 6.45) is -0.280. The maximum Gasteiger partial charge on any atom is 0.322 e. The van der Waals surface area contributed by atoms with E-state index in [9.17, 15) is 14.4 Å². The molecule has 0 fully saturated rings. The Bertz CT molecular complexity index is 548. The Morgan fingerprint density at radius 3 is 2.55 bits per heavy atom. The number of hydrogen-bond acceptors (Lipinski definition) is 5. The number of rotatable bonds is 6. The van der Waals surface area contributed by atoms with Gasteiger partial charge in [-0.1, -0.05) is 11.6 Å². The van der Waals surface area contributed by atoms with E-state index in [1.165, 1.54) is 18.2 Å². The number of hydrogen-bond donors (Lipinski definition) is 4. The highest BCUT2D eigenvalue weighted by atomic mass is 35.5. The number of carboxylic acid groups (broad SMARTS) is 1. The van der Waals surface area contributed by atoms with Crippen LogP contribution in [0, 0.1) is 0 Å². The lowest BCUT2D eigenvalue weighted by Gasteiger charge is -2.11. The first-order valence-electron chi connectivity index (χ1n) is 5.64. The van der Waals surface area contributed by atoms with Crippen LogP contribution >= 0.6 is 11.6 Å². The predicted octanol–water partition coefficient (Wildman–Crippen LogP) is 0.0231. The van der Waals surface area contributed by atoms with E-state index in [1.807, 2.05) is 0 Å². The fourth-order valence-electron chi connectivity index (χ4n) is 1.48. The number of benzene rings is 1. The zero-order valence-electron chi connectivity index (χ0n) is 10.4. The number of nitrogens with two attached hydrogens (primary N) is 2. The van der Waals surface area contributed by atoms with Crippen LogP contribution in [0.2, 0.25) is 5.02 Å². The molecule has 0 aliphatic rings. The molecule has 0 saturated carbocycles. The van der Waals surface area contributed by atoms with Gasteiger partial charge in [-0.2, -0.15) is 0 Å². The molecular formula is C12H14ClN3O4. The van der Waals surface area contributed by atoms with Crippen molar-refractivity contribution in [1.29, 1.82) is 0 Å². The average molecular weight is 300 g/mol. The molecule has 0 bridgehead atoms. The molecule has 1 aromatic rings. The second kappa shape index (κ2) is 6.88. The van der Waals surface area contributed by atoms with Crippen molar-refractivity contribution < 1.29 is 19.5 Å². The van der Waals surface area contributed by atoms with Crippen LogP contribution in [0.15, 0.2) is 18.2 Å². The van der Waals surface area contributed by atoms with Crippen LogP contribution in [0.1, 0.15) is 16.8 Å². The highest BCUT2D eigenvalue weighted by Crippen LogP contribution is 2.19. The van der Waals surface area contributed by atoms with Gasteiger partial charge in [-0.05, 0) is 18.2 Å². The summed E-state index contributed by atoms with van der Waals surface area (Å²) in [5.41, 5.74) is 11.6. The molecule has 1 rings (SSSR count). The fourth-order valence-corrected chi connectivity index (χ4v) is 1.66. The van der Waals surface area contributed by atoms with Crippen LogP contribution < -0.4 is 16.8 Å². The molecule has 108 valence electrons. The van der Waals surface area contributed by atoms with Crippen molar-refractivity contribution in [2.75, 3.05) is 12.3 Å². The van der Waals surface area contributed by atoms with E-state index in [1.54, 1.807) is 0 Å². The lowest BCUT2D eigenvalue weighted by atomic mass is 10.0. The molecule has 0 aromatic heterocycles. The van der Waals surface area contributed by atoms with Gasteiger partial charge in [0.1, 0.15) is 6.54 Å². The lowest BCUT2D eigenvalue weighted by Crippen LogP contribution is -2.43. The Morgan fingerprint density at radius 2 is 2.00 bits per heavy atom. The average Bonchev–Trinajstić information content (AvgIpc) is 2.35. The number of aliphatic carboxylic acids is 1. The summed E-state index contributed by atoms with van der Waals surface area (Å²) in [7, 11) is 0. The Kier molecular flexibility index (Phi) is 5.48. The van der Waals surface area contributed by atoms with Gasteiger partial charge < -0.3 is 21.9 Å².